The molecule has 82 valence electrons. The van der Waals surface area contributed by atoms with Crippen molar-refractivity contribution in [2.45, 2.75) is 12.8 Å². The molecule has 0 bridgehead atoms. The van der Waals surface area contributed by atoms with Crippen molar-refractivity contribution in [2.24, 2.45) is 5.92 Å². The van der Waals surface area contributed by atoms with Gasteiger partial charge >= 0.3 is 0 Å². The van der Waals surface area contributed by atoms with E-state index in [0.717, 1.165) is 6.20 Å². The molecule has 0 N–H and O–H groups in total. The topological polar surface area (TPSA) is 16.1 Å². The van der Waals surface area contributed by atoms with Crippen LogP contribution in [0.4, 0.5) is 19.0 Å². The zero-order chi connectivity index (χ0) is 10.8. The van der Waals surface area contributed by atoms with Crippen molar-refractivity contribution in [3.63, 3.8) is 0 Å². The minimum atomic E-state index is -2.28. The van der Waals surface area contributed by atoms with Crippen molar-refractivity contribution >= 4 is 5.82 Å². The van der Waals surface area contributed by atoms with Gasteiger partial charge in [-0.05, 0) is 18.6 Å². The highest BCUT2D eigenvalue weighted by molar-refractivity contribution is 5.39. The molecule has 1 saturated heterocycles. The summed E-state index contributed by atoms with van der Waals surface area (Å²) in [6, 6.07) is 2.81. The fourth-order valence-electron chi connectivity index (χ4n) is 1.76. The van der Waals surface area contributed by atoms with Crippen LogP contribution >= 0.6 is 0 Å². The Balaban J connectivity index is 2.04. The van der Waals surface area contributed by atoms with Crippen LogP contribution in [0.5, 0.6) is 0 Å². The zero-order valence-corrected chi connectivity index (χ0v) is 8.04. The molecular weight excluding hydrogens is 205 g/mol. The third kappa shape index (κ3) is 2.22. The second-order valence-corrected chi connectivity index (χ2v) is 3.66. The fourth-order valence-corrected chi connectivity index (χ4v) is 1.76. The van der Waals surface area contributed by atoms with Crippen LogP contribution in [0.2, 0.25) is 0 Å². The Morgan fingerprint density at radius 1 is 1.40 bits per heavy atom. The molecule has 0 spiro atoms. The summed E-state index contributed by atoms with van der Waals surface area (Å²) in [6.45, 7) is 0.865. The molecule has 1 aliphatic heterocycles. The van der Waals surface area contributed by atoms with Gasteiger partial charge in [0.05, 0.1) is 6.20 Å². The number of nitrogens with zero attached hydrogens (tertiary/aromatic N) is 2. The molecule has 0 amide bonds. The molecule has 15 heavy (non-hydrogen) atoms. The summed E-state index contributed by atoms with van der Waals surface area (Å²) in [5, 5.41) is 0. The van der Waals surface area contributed by atoms with Gasteiger partial charge in [-0.25, -0.2) is 18.2 Å². The number of aromatic nitrogens is 1. The van der Waals surface area contributed by atoms with Gasteiger partial charge in [-0.1, -0.05) is 0 Å². The highest BCUT2D eigenvalue weighted by atomic mass is 19.3. The first-order valence-electron chi connectivity index (χ1n) is 4.81. The van der Waals surface area contributed by atoms with Crippen LogP contribution in [0.25, 0.3) is 0 Å². The molecule has 0 radical (unpaired) electrons. The maximum absolute atomic E-state index is 12.6. The van der Waals surface area contributed by atoms with E-state index >= 15 is 0 Å². The average molecular weight is 216 g/mol. The van der Waals surface area contributed by atoms with E-state index in [9.17, 15) is 13.2 Å². The van der Waals surface area contributed by atoms with Crippen LogP contribution in [0.1, 0.15) is 6.42 Å². The Hall–Kier alpha value is -1.26. The van der Waals surface area contributed by atoms with E-state index < -0.39 is 18.2 Å². The van der Waals surface area contributed by atoms with E-state index in [1.165, 1.54) is 12.1 Å². The zero-order valence-electron chi connectivity index (χ0n) is 8.04. The number of halogens is 3. The first-order valence-corrected chi connectivity index (χ1v) is 4.81. The van der Waals surface area contributed by atoms with Crippen LogP contribution in [0.15, 0.2) is 18.3 Å². The molecule has 1 atom stereocenters. The smallest absolute Gasteiger partial charge is 0.243 e. The summed E-state index contributed by atoms with van der Waals surface area (Å²) in [5.41, 5.74) is 0. The summed E-state index contributed by atoms with van der Waals surface area (Å²) >= 11 is 0. The van der Waals surface area contributed by atoms with Gasteiger partial charge in [0.1, 0.15) is 11.6 Å². The quantitative estimate of drug-likeness (QED) is 0.754. The Morgan fingerprint density at radius 3 is 2.73 bits per heavy atom. The minimum absolute atomic E-state index is 0.302. The lowest BCUT2D eigenvalue weighted by Gasteiger charge is -2.16. The lowest BCUT2D eigenvalue weighted by molar-refractivity contribution is 0.0880. The Kier molecular flexibility index (Phi) is 2.79. The van der Waals surface area contributed by atoms with E-state index in [-0.39, 0.29) is 0 Å². The van der Waals surface area contributed by atoms with Gasteiger partial charge < -0.3 is 4.90 Å². The van der Waals surface area contributed by atoms with Gasteiger partial charge in [-0.3, -0.25) is 0 Å². The predicted octanol–water partition coefficient (Wildman–Crippen LogP) is 2.31. The van der Waals surface area contributed by atoms with Crippen LogP contribution < -0.4 is 4.90 Å². The molecule has 1 unspecified atom stereocenters. The van der Waals surface area contributed by atoms with Gasteiger partial charge in [0.15, 0.2) is 0 Å². The monoisotopic (exact) mass is 216 g/mol. The lowest BCUT2D eigenvalue weighted by atomic mass is 10.1. The summed E-state index contributed by atoms with van der Waals surface area (Å²) < 4.78 is 37.3. The Bertz CT molecular complexity index is 326. The number of hydrogen-bond acceptors (Lipinski definition) is 2. The molecule has 2 rings (SSSR count). The Morgan fingerprint density at radius 2 is 2.20 bits per heavy atom. The van der Waals surface area contributed by atoms with Crippen LogP contribution in [-0.2, 0) is 0 Å². The number of pyridine rings is 1. The SMILES string of the molecule is Fc1ccc(N2CCC(C(F)F)C2)nc1. The molecule has 2 nitrogen and oxygen atoms in total. The number of hydrogen-bond donors (Lipinski definition) is 0. The largest absolute Gasteiger partial charge is 0.356 e. The minimum Gasteiger partial charge on any atom is -0.356 e. The second kappa shape index (κ2) is 4.08. The number of anilines is 1. The molecular formula is C10H11F3N2. The van der Waals surface area contributed by atoms with E-state index in [4.69, 9.17) is 0 Å². The van der Waals surface area contributed by atoms with Crippen molar-refractivity contribution in [3.05, 3.63) is 24.1 Å². The van der Waals surface area contributed by atoms with Crippen LogP contribution in [0, 0.1) is 11.7 Å². The number of alkyl halides is 2. The van der Waals surface area contributed by atoms with Crippen LogP contribution in [0.3, 0.4) is 0 Å². The highest BCUT2D eigenvalue weighted by Gasteiger charge is 2.29. The number of rotatable bonds is 2. The van der Waals surface area contributed by atoms with Gasteiger partial charge in [-0.15, -0.1) is 0 Å². The maximum atomic E-state index is 12.6. The van der Waals surface area contributed by atoms with Crippen molar-refractivity contribution in [3.8, 4) is 0 Å². The third-order valence-electron chi connectivity index (χ3n) is 2.62. The molecule has 0 aromatic carbocycles. The van der Waals surface area contributed by atoms with Crippen molar-refractivity contribution < 1.29 is 13.2 Å². The van der Waals surface area contributed by atoms with Gasteiger partial charge in [0, 0.05) is 19.0 Å². The molecule has 5 heteroatoms. The molecule has 1 aliphatic rings. The maximum Gasteiger partial charge on any atom is 0.243 e. The first kappa shape index (κ1) is 10.3. The molecule has 1 fully saturated rings. The highest BCUT2D eigenvalue weighted by Crippen LogP contribution is 2.26. The van der Waals surface area contributed by atoms with Crippen molar-refractivity contribution in [1.29, 1.82) is 0 Å². The fraction of sp³-hybridized carbons (Fsp3) is 0.500. The molecule has 1 aromatic heterocycles. The van der Waals surface area contributed by atoms with Crippen molar-refractivity contribution in [1.82, 2.24) is 4.98 Å². The van der Waals surface area contributed by atoms with Gasteiger partial charge in [-0.2, -0.15) is 0 Å². The van der Waals surface area contributed by atoms with E-state index in [2.05, 4.69) is 4.98 Å². The van der Waals surface area contributed by atoms with E-state index in [0.29, 0.717) is 25.3 Å². The first-order chi connectivity index (χ1) is 7.16. The lowest BCUT2D eigenvalue weighted by Crippen LogP contribution is -2.22. The predicted molar refractivity (Wildman–Crippen MR) is 50.5 cm³/mol. The van der Waals surface area contributed by atoms with Crippen LogP contribution in [-0.4, -0.2) is 24.5 Å². The average Bonchev–Trinajstić information content (AvgIpc) is 2.68. The van der Waals surface area contributed by atoms with E-state index in [1.807, 2.05) is 0 Å². The summed E-state index contributed by atoms with van der Waals surface area (Å²) in [6.07, 6.45) is -0.711. The Labute approximate surface area is 85.7 Å². The van der Waals surface area contributed by atoms with E-state index in [1.54, 1.807) is 4.90 Å². The van der Waals surface area contributed by atoms with Crippen molar-refractivity contribution in [2.75, 3.05) is 18.0 Å². The third-order valence-corrected chi connectivity index (χ3v) is 2.62. The summed E-state index contributed by atoms with van der Waals surface area (Å²) in [5.74, 6) is -0.431. The normalized spacial score (nSPS) is 21.3. The molecule has 1 aromatic rings. The second-order valence-electron chi connectivity index (χ2n) is 3.66. The molecule has 0 saturated carbocycles. The standard InChI is InChI=1S/C10H11F3N2/c11-8-1-2-9(14-5-8)15-4-3-7(6-15)10(12)13/h1-2,5,7,10H,3-4,6H2. The van der Waals surface area contributed by atoms with Gasteiger partial charge in [0.25, 0.3) is 0 Å². The molecule has 0 aliphatic carbocycles. The summed E-state index contributed by atoms with van der Waals surface area (Å²) in [4.78, 5) is 5.62. The van der Waals surface area contributed by atoms with Gasteiger partial charge in [0.2, 0.25) is 6.43 Å². The molecule has 2 heterocycles. The summed E-state index contributed by atoms with van der Waals surface area (Å²) in [7, 11) is 0.